The van der Waals surface area contributed by atoms with Crippen LogP contribution in [0.2, 0.25) is 0 Å². The van der Waals surface area contributed by atoms with Crippen LogP contribution in [0.5, 0.6) is 0 Å². The average molecular weight is 296 g/mol. The van der Waals surface area contributed by atoms with E-state index in [1.54, 1.807) is 0 Å². The highest BCUT2D eigenvalue weighted by Gasteiger charge is 2.16. The summed E-state index contributed by atoms with van der Waals surface area (Å²) in [5.74, 6) is 2.20. The smallest absolute Gasteiger partial charge is 0.231 e. The van der Waals surface area contributed by atoms with Gasteiger partial charge in [-0.2, -0.15) is 15.0 Å². The van der Waals surface area contributed by atoms with Crippen LogP contribution >= 0.6 is 0 Å². The summed E-state index contributed by atoms with van der Waals surface area (Å²) in [7, 11) is 3.82. The van der Waals surface area contributed by atoms with Crippen LogP contribution in [0.4, 0.5) is 17.8 Å². The first kappa shape index (κ1) is 17.4. The van der Waals surface area contributed by atoms with E-state index >= 15 is 0 Å². The van der Waals surface area contributed by atoms with Crippen molar-refractivity contribution in [3.8, 4) is 0 Å². The molecule has 0 fully saturated rings. The predicted molar refractivity (Wildman–Crippen MR) is 87.1 cm³/mol. The Morgan fingerprint density at radius 2 is 1.76 bits per heavy atom. The number of rotatable bonds is 9. The lowest BCUT2D eigenvalue weighted by Gasteiger charge is -2.23. The molecule has 1 atom stereocenters. The van der Waals surface area contributed by atoms with Crippen molar-refractivity contribution in [1.82, 2.24) is 15.0 Å². The minimum absolute atomic E-state index is 0.164. The zero-order valence-corrected chi connectivity index (χ0v) is 14.0. The van der Waals surface area contributed by atoms with E-state index in [1.807, 2.05) is 32.8 Å². The number of aromatic nitrogens is 3. The van der Waals surface area contributed by atoms with Gasteiger partial charge in [-0.1, -0.05) is 13.8 Å². The fourth-order valence-corrected chi connectivity index (χ4v) is 1.68. The Balaban J connectivity index is 2.93. The molecule has 0 aromatic carbocycles. The van der Waals surface area contributed by atoms with Crippen molar-refractivity contribution >= 4 is 17.8 Å². The molecule has 120 valence electrons. The van der Waals surface area contributed by atoms with E-state index in [0.29, 0.717) is 37.0 Å². The summed E-state index contributed by atoms with van der Waals surface area (Å²) < 4.78 is 5.52. The molecule has 1 rings (SSSR count). The summed E-state index contributed by atoms with van der Waals surface area (Å²) in [4.78, 5) is 15.1. The molecule has 7 nitrogen and oxygen atoms in total. The van der Waals surface area contributed by atoms with Crippen LogP contribution in [0.25, 0.3) is 0 Å². The van der Waals surface area contributed by atoms with Gasteiger partial charge in [0.1, 0.15) is 0 Å². The van der Waals surface area contributed by atoms with Gasteiger partial charge in [-0.3, -0.25) is 0 Å². The van der Waals surface area contributed by atoms with Crippen LogP contribution in [-0.4, -0.2) is 54.8 Å². The third kappa shape index (κ3) is 5.71. The van der Waals surface area contributed by atoms with E-state index in [2.05, 4.69) is 39.4 Å². The SMILES string of the molecule is CCNc1nc(NC(COCC)C(C)C)nc(N(C)C)n1. The van der Waals surface area contributed by atoms with Gasteiger partial charge < -0.3 is 20.3 Å². The molecule has 0 aliphatic heterocycles. The number of hydrogen-bond donors (Lipinski definition) is 2. The first-order valence-electron chi connectivity index (χ1n) is 7.49. The van der Waals surface area contributed by atoms with E-state index < -0.39 is 0 Å². The lowest BCUT2D eigenvalue weighted by molar-refractivity contribution is 0.126. The monoisotopic (exact) mass is 296 g/mol. The summed E-state index contributed by atoms with van der Waals surface area (Å²) in [6.07, 6.45) is 0. The lowest BCUT2D eigenvalue weighted by Crippen LogP contribution is -2.32. The molecule has 1 heterocycles. The Hall–Kier alpha value is -1.63. The maximum Gasteiger partial charge on any atom is 0.231 e. The second kappa shape index (κ2) is 8.61. The van der Waals surface area contributed by atoms with Crippen molar-refractivity contribution in [3.05, 3.63) is 0 Å². The fraction of sp³-hybridized carbons (Fsp3) is 0.786. The fourth-order valence-electron chi connectivity index (χ4n) is 1.68. The van der Waals surface area contributed by atoms with E-state index in [1.165, 1.54) is 0 Å². The number of anilines is 3. The van der Waals surface area contributed by atoms with Gasteiger partial charge in [-0.15, -0.1) is 0 Å². The molecule has 0 bridgehead atoms. The number of nitrogens with zero attached hydrogens (tertiary/aromatic N) is 4. The lowest BCUT2D eigenvalue weighted by atomic mass is 10.1. The predicted octanol–water partition coefficient (Wildman–Crippen LogP) is 1.84. The highest BCUT2D eigenvalue weighted by molar-refractivity contribution is 5.43. The normalized spacial score (nSPS) is 12.3. The molecule has 0 saturated carbocycles. The summed E-state index contributed by atoms with van der Waals surface area (Å²) in [6, 6.07) is 0.164. The Morgan fingerprint density at radius 1 is 1.10 bits per heavy atom. The van der Waals surface area contributed by atoms with Crippen molar-refractivity contribution in [2.24, 2.45) is 5.92 Å². The third-order valence-electron chi connectivity index (χ3n) is 2.98. The standard InChI is InChI=1S/C14H28N6O/c1-7-15-12-17-13(19-14(18-12)20(5)6)16-11(10(3)4)9-21-8-2/h10-11H,7-9H2,1-6H3,(H2,15,16,17,18,19). The number of nitrogens with one attached hydrogen (secondary N) is 2. The Kier molecular flexibility index (Phi) is 7.14. The van der Waals surface area contributed by atoms with Crippen molar-refractivity contribution in [2.75, 3.05) is 49.4 Å². The van der Waals surface area contributed by atoms with Gasteiger partial charge in [0, 0.05) is 27.2 Å². The zero-order chi connectivity index (χ0) is 15.8. The van der Waals surface area contributed by atoms with Gasteiger partial charge >= 0.3 is 0 Å². The molecule has 0 aliphatic carbocycles. The molecule has 21 heavy (non-hydrogen) atoms. The molecular weight excluding hydrogens is 268 g/mol. The minimum atomic E-state index is 0.164. The topological polar surface area (TPSA) is 75.2 Å². The Morgan fingerprint density at radius 3 is 2.29 bits per heavy atom. The van der Waals surface area contributed by atoms with Gasteiger partial charge in [-0.25, -0.2) is 0 Å². The molecule has 0 saturated heterocycles. The van der Waals surface area contributed by atoms with Crippen LogP contribution in [0.15, 0.2) is 0 Å². The van der Waals surface area contributed by atoms with Crippen LogP contribution in [0.1, 0.15) is 27.7 Å². The van der Waals surface area contributed by atoms with Crippen LogP contribution < -0.4 is 15.5 Å². The zero-order valence-electron chi connectivity index (χ0n) is 14.0. The van der Waals surface area contributed by atoms with Crippen molar-refractivity contribution < 1.29 is 4.74 Å². The quantitative estimate of drug-likeness (QED) is 0.720. The first-order chi connectivity index (χ1) is 9.97. The van der Waals surface area contributed by atoms with Gasteiger partial charge in [0.25, 0.3) is 0 Å². The maximum atomic E-state index is 5.52. The Bertz CT molecular complexity index is 424. The Labute approximate surface area is 127 Å². The summed E-state index contributed by atoms with van der Waals surface area (Å²) in [5.41, 5.74) is 0. The molecule has 1 aromatic rings. The number of ether oxygens (including phenoxy) is 1. The van der Waals surface area contributed by atoms with Crippen molar-refractivity contribution in [2.45, 2.75) is 33.7 Å². The molecule has 2 N–H and O–H groups in total. The van der Waals surface area contributed by atoms with Crippen LogP contribution in [0.3, 0.4) is 0 Å². The van der Waals surface area contributed by atoms with Crippen molar-refractivity contribution in [3.63, 3.8) is 0 Å². The van der Waals surface area contributed by atoms with Crippen LogP contribution in [0, 0.1) is 5.92 Å². The molecule has 0 spiro atoms. The first-order valence-corrected chi connectivity index (χ1v) is 7.49. The molecular formula is C14H28N6O. The number of hydrogen-bond acceptors (Lipinski definition) is 7. The molecule has 0 aliphatic rings. The largest absolute Gasteiger partial charge is 0.380 e. The van der Waals surface area contributed by atoms with E-state index in [4.69, 9.17) is 4.74 Å². The van der Waals surface area contributed by atoms with Crippen LogP contribution in [-0.2, 0) is 4.74 Å². The van der Waals surface area contributed by atoms with E-state index in [-0.39, 0.29) is 6.04 Å². The molecule has 0 amide bonds. The van der Waals surface area contributed by atoms with Gasteiger partial charge in [0.15, 0.2) is 0 Å². The summed E-state index contributed by atoms with van der Waals surface area (Å²) >= 11 is 0. The summed E-state index contributed by atoms with van der Waals surface area (Å²) in [6.45, 7) is 10.4. The molecule has 7 heteroatoms. The second-order valence-electron chi connectivity index (χ2n) is 5.36. The highest BCUT2D eigenvalue weighted by atomic mass is 16.5. The summed E-state index contributed by atoms with van der Waals surface area (Å²) in [5, 5.41) is 6.48. The van der Waals surface area contributed by atoms with Crippen molar-refractivity contribution in [1.29, 1.82) is 0 Å². The molecule has 1 unspecified atom stereocenters. The second-order valence-corrected chi connectivity index (χ2v) is 5.36. The average Bonchev–Trinajstić information content (AvgIpc) is 2.43. The van der Waals surface area contributed by atoms with E-state index in [0.717, 1.165) is 6.54 Å². The minimum Gasteiger partial charge on any atom is -0.380 e. The maximum absolute atomic E-state index is 5.52. The van der Waals surface area contributed by atoms with Gasteiger partial charge in [-0.05, 0) is 19.8 Å². The van der Waals surface area contributed by atoms with Gasteiger partial charge in [0.2, 0.25) is 17.8 Å². The van der Waals surface area contributed by atoms with E-state index in [9.17, 15) is 0 Å². The molecule has 1 aromatic heterocycles. The molecule has 0 radical (unpaired) electrons. The third-order valence-corrected chi connectivity index (χ3v) is 2.98. The highest BCUT2D eigenvalue weighted by Crippen LogP contribution is 2.14. The van der Waals surface area contributed by atoms with Gasteiger partial charge in [0.05, 0.1) is 12.6 Å².